The van der Waals surface area contributed by atoms with Gasteiger partial charge in [0.15, 0.2) is 0 Å². The Morgan fingerprint density at radius 3 is 2.39 bits per heavy atom. The van der Waals surface area contributed by atoms with Crippen LogP contribution in [0.15, 0.2) is 59.5 Å². The maximum absolute atomic E-state index is 13.2. The van der Waals surface area contributed by atoms with Crippen molar-refractivity contribution >= 4 is 21.6 Å². The topological polar surface area (TPSA) is 75.3 Å². The largest absolute Gasteiger partial charge is 0.346 e. The molecule has 1 aliphatic carbocycles. The van der Waals surface area contributed by atoms with Crippen molar-refractivity contribution in [1.82, 2.24) is 5.32 Å². The minimum Gasteiger partial charge on any atom is -0.346 e. The van der Waals surface area contributed by atoms with Crippen LogP contribution in [0.4, 0.5) is 5.69 Å². The van der Waals surface area contributed by atoms with Gasteiger partial charge in [-0.15, -0.1) is 0 Å². The van der Waals surface area contributed by atoms with E-state index in [0.717, 1.165) is 29.5 Å². The van der Waals surface area contributed by atoms with Gasteiger partial charge in [0.1, 0.15) is 0 Å². The highest BCUT2D eigenvalue weighted by Gasteiger charge is 2.21. The van der Waals surface area contributed by atoms with Gasteiger partial charge in [0, 0.05) is 5.56 Å². The molecule has 4 rings (SSSR count). The molecule has 33 heavy (non-hydrogen) atoms. The van der Waals surface area contributed by atoms with Crippen LogP contribution in [0, 0.1) is 20.8 Å². The third-order valence-corrected chi connectivity index (χ3v) is 7.85. The number of fused-ring (bicyclic) bond motifs is 1. The van der Waals surface area contributed by atoms with E-state index < -0.39 is 10.0 Å². The number of aryl methyl sites for hydroxylation is 5. The molecule has 3 aromatic rings. The fraction of sp³-hybridized carbons (Fsp3) is 0.296. The summed E-state index contributed by atoms with van der Waals surface area (Å²) in [6.45, 7) is 7.44. The second-order valence-electron chi connectivity index (χ2n) is 8.98. The van der Waals surface area contributed by atoms with Crippen LogP contribution in [0.5, 0.6) is 0 Å². The van der Waals surface area contributed by atoms with Crippen molar-refractivity contribution in [1.29, 1.82) is 0 Å². The number of hydrogen-bond donors (Lipinski definition) is 2. The average Bonchev–Trinajstić information content (AvgIpc) is 3.24. The summed E-state index contributed by atoms with van der Waals surface area (Å²) in [4.78, 5) is 13.1. The van der Waals surface area contributed by atoms with Crippen LogP contribution in [0.2, 0.25) is 0 Å². The minimum absolute atomic E-state index is 0.0984. The summed E-state index contributed by atoms with van der Waals surface area (Å²) >= 11 is 0. The molecule has 172 valence electrons. The maximum atomic E-state index is 13.2. The summed E-state index contributed by atoms with van der Waals surface area (Å²) < 4.78 is 29.0. The Bertz CT molecular complexity index is 1330. The quantitative estimate of drug-likeness (QED) is 0.516. The van der Waals surface area contributed by atoms with Crippen molar-refractivity contribution in [2.75, 3.05) is 4.72 Å². The van der Waals surface area contributed by atoms with Crippen LogP contribution in [-0.2, 0) is 22.9 Å². The molecule has 0 aliphatic heterocycles. The molecule has 1 aliphatic rings. The summed E-state index contributed by atoms with van der Waals surface area (Å²) in [7, 11) is -3.86. The fourth-order valence-corrected chi connectivity index (χ4v) is 5.69. The maximum Gasteiger partial charge on any atom is 0.262 e. The molecular formula is C27H30N2O3S. The van der Waals surface area contributed by atoms with E-state index in [1.54, 1.807) is 25.1 Å². The van der Waals surface area contributed by atoms with Gasteiger partial charge in [-0.3, -0.25) is 9.52 Å². The highest BCUT2D eigenvalue weighted by Crippen LogP contribution is 2.27. The van der Waals surface area contributed by atoms with Gasteiger partial charge in [0.25, 0.3) is 15.9 Å². The van der Waals surface area contributed by atoms with E-state index in [-0.39, 0.29) is 16.8 Å². The molecule has 6 heteroatoms. The van der Waals surface area contributed by atoms with Crippen molar-refractivity contribution in [3.05, 3.63) is 93.5 Å². The third-order valence-electron chi connectivity index (χ3n) is 6.35. The van der Waals surface area contributed by atoms with Crippen LogP contribution in [0.1, 0.15) is 63.1 Å². The highest BCUT2D eigenvalue weighted by molar-refractivity contribution is 7.92. The number of hydrogen-bond acceptors (Lipinski definition) is 3. The fourth-order valence-electron chi connectivity index (χ4n) is 4.30. The van der Waals surface area contributed by atoms with Gasteiger partial charge >= 0.3 is 0 Å². The first-order valence-electron chi connectivity index (χ1n) is 11.3. The van der Waals surface area contributed by atoms with Crippen LogP contribution in [-0.4, -0.2) is 14.3 Å². The van der Waals surface area contributed by atoms with Gasteiger partial charge in [0.2, 0.25) is 0 Å². The van der Waals surface area contributed by atoms with E-state index in [2.05, 4.69) is 28.2 Å². The zero-order valence-corrected chi connectivity index (χ0v) is 20.3. The summed E-state index contributed by atoms with van der Waals surface area (Å²) in [5.74, 6) is -0.300. The molecule has 0 spiro atoms. The summed E-state index contributed by atoms with van der Waals surface area (Å²) in [6.07, 6.45) is 3.37. The SMILES string of the molecule is Cc1ccc(C)c(NS(=O)(=O)c2cc(C(=O)N[C@@H](C)c3ccc4c(c3)CCC4)ccc2C)c1. The van der Waals surface area contributed by atoms with Crippen LogP contribution in [0.25, 0.3) is 0 Å². The van der Waals surface area contributed by atoms with Gasteiger partial charge < -0.3 is 5.32 Å². The molecule has 2 N–H and O–H groups in total. The summed E-state index contributed by atoms with van der Waals surface area (Å²) in [6, 6.07) is 16.6. The first kappa shape index (κ1) is 23.1. The van der Waals surface area contributed by atoms with E-state index in [9.17, 15) is 13.2 Å². The van der Waals surface area contributed by atoms with Crippen LogP contribution in [0.3, 0.4) is 0 Å². The Morgan fingerprint density at radius 1 is 0.879 bits per heavy atom. The molecule has 1 amide bonds. The first-order chi connectivity index (χ1) is 15.6. The Morgan fingerprint density at radius 2 is 1.61 bits per heavy atom. The lowest BCUT2D eigenvalue weighted by Gasteiger charge is -2.17. The Labute approximate surface area is 196 Å². The zero-order valence-electron chi connectivity index (χ0n) is 19.5. The molecule has 0 saturated heterocycles. The molecule has 5 nitrogen and oxygen atoms in total. The molecule has 0 radical (unpaired) electrons. The van der Waals surface area contributed by atoms with Gasteiger partial charge in [-0.25, -0.2) is 8.42 Å². The van der Waals surface area contributed by atoms with Gasteiger partial charge in [0.05, 0.1) is 16.6 Å². The first-order valence-corrected chi connectivity index (χ1v) is 12.8. The second-order valence-corrected chi connectivity index (χ2v) is 10.6. The Balaban J connectivity index is 1.56. The number of amides is 1. The predicted octanol–water partition coefficient (Wildman–Crippen LogP) is 5.39. The van der Waals surface area contributed by atoms with E-state index in [1.807, 2.05) is 32.9 Å². The predicted molar refractivity (Wildman–Crippen MR) is 132 cm³/mol. The van der Waals surface area contributed by atoms with Crippen molar-refractivity contribution in [2.45, 2.75) is 57.9 Å². The van der Waals surface area contributed by atoms with E-state index in [1.165, 1.54) is 23.6 Å². The van der Waals surface area contributed by atoms with Gasteiger partial charge in [-0.1, -0.05) is 36.4 Å². The number of rotatable bonds is 6. The second kappa shape index (κ2) is 9.02. The van der Waals surface area contributed by atoms with Crippen molar-refractivity contribution in [3.63, 3.8) is 0 Å². The minimum atomic E-state index is -3.86. The van der Waals surface area contributed by atoms with Crippen molar-refractivity contribution in [2.24, 2.45) is 0 Å². The normalized spacial score (nSPS) is 13.9. The summed E-state index contributed by atoms with van der Waals surface area (Å²) in [5, 5.41) is 3.01. The molecule has 0 fully saturated rings. The van der Waals surface area contributed by atoms with E-state index in [4.69, 9.17) is 0 Å². The van der Waals surface area contributed by atoms with E-state index >= 15 is 0 Å². The molecule has 0 aromatic heterocycles. The molecule has 1 atom stereocenters. The monoisotopic (exact) mass is 462 g/mol. The average molecular weight is 463 g/mol. The van der Waals surface area contributed by atoms with Crippen molar-refractivity contribution in [3.8, 4) is 0 Å². The number of sulfonamides is 1. The van der Waals surface area contributed by atoms with Gasteiger partial charge in [-0.2, -0.15) is 0 Å². The lowest BCUT2D eigenvalue weighted by atomic mass is 10.0. The number of carbonyl (C=O) groups is 1. The summed E-state index contributed by atoms with van der Waals surface area (Å²) in [5.41, 5.74) is 7.03. The number of benzene rings is 3. The Hall–Kier alpha value is -3.12. The van der Waals surface area contributed by atoms with Crippen LogP contribution < -0.4 is 10.0 Å². The smallest absolute Gasteiger partial charge is 0.262 e. The zero-order chi connectivity index (χ0) is 23.8. The van der Waals surface area contributed by atoms with Crippen molar-refractivity contribution < 1.29 is 13.2 Å². The highest BCUT2D eigenvalue weighted by atomic mass is 32.2. The Kier molecular flexibility index (Phi) is 6.30. The molecule has 0 unspecified atom stereocenters. The third kappa shape index (κ3) is 4.96. The molecule has 3 aromatic carbocycles. The van der Waals surface area contributed by atoms with Gasteiger partial charge in [-0.05, 0) is 98.5 Å². The molecule has 0 heterocycles. The van der Waals surface area contributed by atoms with E-state index in [0.29, 0.717) is 16.8 Å². The molecular weight excluding hydrogens is 432 g/mol. The number of anilines is 1. The molecule has 0 saturated carbocycles. The lowest BCUT2D eigenvalue weighted by Crippen LogP contribution is -2.27. The van der Waals surface area contributed by atoms with Crippen LogP contribution >= 0.6 is 0 Å². The molecule has 0 bridgehead atoms. The number of carbonyl (C=O) groups excluding carboxylic acids is 1. The number of nitrogens with one attached hydrogen (secondary N) is 2. The lowest BCUT2D eigenvalue weighted by molar-refractivity contribution is 0.0939. The standard InChI is InChI=1S/C27H30N2O3S/c1-17-8-9-18(2)25(14-17)29-33(31,32)26-16-24(11-10-19(26)3)27(30)28-20(4)22-13-12-21-6-5-7-23(21)15-22/h8-16,20,29H,5-7H2,1-4H3,(H,28,30)/t20-/m0/s1.